The number of anilines is 1. The van der Waals surface area contributed by atoms with Gasteiger partial charge in [0.2, 0.25) is 0 Å². The van der Waals surface area contributed by atoms with Crippen LogP contribution < -0.4 is 4.90 Å². The minimum absolute atomic E-state index is 0.153. The zero-order valence-electron chi connectivity index (χ0n) is 18.1. The molecule has 1 saturated heterocycles. The van der Waals surface area contributed by atoms with Gasteiger partial charge in [-0.25, -0.2) is 9.18 Å². The number of phenolic OH excluding ortho intramolecular Hbond substituents is 1. The lowest BCUT2D eigenvalue weighted by atomic mass is 10.0. The molecule has 3 heterocycles. The highest BCUT2D eigenvalue weighted by atomic mass is 19.1. The molecule has 1 fully saturated rings. The Morgan fingerprint density at radius 3 is 2.67 bits per heavy atom. The van der Waals surface area contributed by atoms with Crippen molar-refractivity contribution < 1.29 is 23.8 Å². The maximum absolute atomic E-state index is 13.3. The van der Waals surface area contributed by atoms with Crippen LogP contribution in [0.25, 0.3) is 10.9 Å². The van der Waals surface area contributed by atoms with Gasteiger partial charge in [-0.15, -0.1) is 0 Å². The number of aromatic nitrogens is 1. The molecule has 2 aromatic carbocycles. The number of fused-ring (bicyclic) bond motifs is 2. The summed E-state index contributed by atoms with van der Waals surface area (Å²) >= 11 is 0. The minimum atomic E-state index is -0.354. The SMILES string of the molecule is CN(C(=O)N1CCOCC1)c1c2c(c(O)c3ncccc13)C(=O)N(Cc1ccc(F)cc1)C2. The van der Waals surface area contributed by atoms with Crippen LogP contribution in [-0.2, 0) is 17.8 Å². The van der Waals surface area contributed by atoms with E-state index in [-0.39, 0.29) is 47.7 Å². The van der Waals surface area contributed by atoms with E-state index in [1.807, 2.05) is 0 Å². The van der Waals surface area contributed by atoms with Crippen LogP contribution in [0.15, 0.2) is 42.6 Å². The second kappa shape index (κ2) is 8.32. The van der Waals surface area contributed by atoms with Gasteiger partial charge in [0.15, 0.2) is 5.75 Å². The number of carbonyl (C=O) groups is 2. The van der Waals surface area contributed by atoms with E-state index in [0.29, 0.717) is 42.9 Å². The van der Waals surface area contributed by atoms with Crippen molar-refractivity contribution in [3.63, 3.8) is 0 Å². The number of benzene rings is 2. The van der Waals surface area contributed by atoms with Crippen molar-refractivity contribution in [2.75, 3.05) is 38.3 Å². The molecular weight excluding hydrogens is 427 g/mol. The van der Waals surface area contributed by atoms with E-state index in [1.165, 1.54) is 23.2 Å². The molecule has 170 valence electrons. The van der Waals surface area contributed by atoms with Gasteiger partial charge in [0.25, 0.3) is 5.91 Å². The molecule has 2 aliphatic rings. The summed E-state index contributed by atoms with van der Waals surface area (Å²) < 4.78 is 18.7. The van der Waals surface area contributed by atoms with E-state index in [1.54, 1.807) is 41.1 Å². The number of rotatable bonds is 3. The number of amides is 3. The smallest absolute Gasteiger partial charge is 0.324 e. The summed E-state index contributed by atoms with van der Waals surface area (Å²) in [5, 5.41) is 11.6. The van der Waals surface area contributed by atoms with E-state index in [0.717, 1.165) is 5.56 Å². The molecule has 0 atom stereocenters. The maximum Gasteiger partial charge on any atom is 0.324 e. The Labute approximate surface area is 189 Å². The summed E-state index contributed by atoms with van der Waals surface area (Å²) in [7, 11) is 1.67. The van der Waals surface area contributed by atoms with Gasteiger partial charge >= 0.3 is 6.03 Å². The number of nitrogens with zero attached hydrogens (tertiary/aromatic N) is 4. The largest absolute Gasteiger partial charge is 0.505 e. The summed E-state index contributed by atoms with van der Waals surface area (Å²) in [4.78, 5) is 35.7. The Morgan fingerprint density at radius 2 is 1.94 bits per heavy atom. The van der Waals surface area contributed by atoms with Crippen molar-refractivity contribution in [2.24, 2.45) is 0 Å². The molecule has 0 saturated carbocycles. The van der Waals surface area contributed by atoms with Crippen LogP contribution in [-0.4, -0.2) is 65.2 Å². The van der Waals surface area contributed by atoms with Gasteiger partial charge in [0, 0.05) is 50.4 Å². The minimum Gasteiger partial charge on any atom is -0.505 e. The van der Waals surface area contributed by atoms with Crippen LogP contribution in [0.3, 0.4) is 0 Å². The lowest BCUT2D eigenvalue weighted by Crippen LogP contribution is -2.47. The van der Waals surface area contributed by atoms with E-state index >= 15 is 0 Å². The molecule has 1 aromatic heterocycles. The summed E-state index contributed by atoms with van der Waals surface area (Å²) in [6, 6.07) is 9.25. The van der Waals surface area contributed by atoms with Gasteiger partial charge in [0.1, 0.15) is 11.3 Å². The Kier molecular flexibility index (Phi) is 5.33. The fourth-order valence-electron chi connectivity index (χ4n) is 4.52. The predicted octanol–water partition coefficient (Wildman–Crippen LogP) is 3.12. The molecule has 0 spiro atoms. The third-order valence-corrected chi connectivity index (χ3v) is 6.15. The van der Waals surface area contributed by atoms with E-state index < -0.39 is 0 Å². The van der Waals surface area contributed by atoms with Crippen LogP contribution in [0.1, 0.15) is 21.5 Å². The molecule has 0 radical (unpaired) electrons. The summed E-state index contributed by atoms with van der Waals surface area (Å²) in [6.07, 6.45) is 1.54. The standard InChI is InChI=1S/C24H23FN4O4/c1-27(24(32)28-9-11-33-12-10-28)21-17-3-2-8-26-20(17)22(30)19-18(21)14-29(23(19)31)13-15-4-6-16(25)7-5-15/h2-8,30H,9-14H2,1H3. The third-order valence-electron chi connectivity index (χ3n) is 6.15. The second-order valence-corrected chi connectivity index (χ2v) is 8.18. The number of urea groups is 1. The molecule has 5 rings (SSSR count). The number of morpholine rings is 1. The van der Waals surface area contributed by atoms with Crippen LogP contribution >= 0.6 is 0 Å². The van der Waals surface area contributed by atoms with E-state index in [4.69, 9.17) is 4.74 Å². The molecule has 2 aliphatic heterocycles. The predicted molar refractivity (Wildman–Crippen MR) is 120 cm³/mol. The Hall–Kier alpha value is -3.72. The topological polar surface area (TPSA) is 86.2 Å². The number of pyridine rings is 1. The van der Waals surface area contributed by atoms with Crippen LogP contribution in [0.5, 0.6) is 5.75 Å². The fourth-order valence-corrected chi connectivity index (χ4v) is 4.52. The summed E-state index contributed by atoms with van der Waals surface area (Å²) in [6.45, 7) is 2.36. The highest BCUT2D eigenvalue weighted by Crippen LogP contribution is 2.44. The average molecular weight is 450 g/mol. The van der Waals surface area contributed by atoms with Crippen LogP contribution in [0, 0.1) is 5.82 Å². The zero-order chi connectivity index (χ0) is 23.1. The van der Waals surface area contributed by atoms with Crippen LogP contribution in [0.2, 0.25) is 0 Å². The summed E-state index contributed by atoms with van der Waals surface area (Å²) in [5.74, 6) is -0.897. The first-order valence-electron chi connectivity index (χ1n) is 10.7. The van der Waals surface area contributed by atoms with E-state index in [9.17, 15) is 19.1 Å². The highest BCUT2D eigenvalue weighted by Gasteiger charge is 2.37. The average Bonchev–Trinajstić information content (AvgIpc) is 3.16. The lowest BCUT2D eigenvalue weighted by Gasteiger charge is -2.32. The number of halogens is 1. The van der Waals surface area contributed by atoms with Crippen molar-refractivity contribution in [3.8, 4) is 5.75 Å². The first-order chi connectivity index (χ1) is 16.0. The van der Waals surface area contributed by atoms with Crippen molar-refractivity contribution >= 4 is 28.5 Å². The number of aromatic hydroxyl groups is 1. The van der Waals surface area contributed by atoms with Gasteiger partial charge in [-0.2, -0.15) is 0 Å². The van der Waals surface area contributed by atoms with Crippen molar-refractivity contribution in [1.82, 2.24) is 14.8 Å². The number of ether oxygens (including phenoxy) is 1. The van der Waals surface area contributed by atoms with Gasteiger partial charge in [-0.1, -0.05) is 12.1 Å². The molecule has 9 heteroatoms. The molecule has 0 aliphatic carbocycles. The third kappa shape index (κ3) is 3.64. The number of hydrogen-bond acceptors (Lipinski definition) is 5. The van der Waals surface area contributed by atoms with Crippen molar-refractivity contribution in [3.05, 3.63) is 65.1 Å². The monoisotopic (exact) mass is 450 g/mol. The van der Waals surface area contributed by atoms with Gasteiger partial charge in [0.05, 0.1) is 24.5 Å². The second-order valence-electron chi connectivity index (χ2n) is 8.18. The number of carbonyl (C=O) groups excluding carboxylic acids is 2. The quantitative estimate of drug-likeness (QED) is 0.663. The van der Waals surface area contributed by atoms with Crippen LogP contribution in [0.4, 0.5) is 14.9 Å². The number of hydrogen-bond donors (Lipinski definition) is 1. The zero-order valence-corrected chi connectivity index (χ0v) is 18.1. The normalized spacial score (nSPS) is 15.8. The molecular formula is C24H23FN4O4. The molecule has 0 bridgehead atoms. The Morgan fingerprint density at radius 1 is 1.21 bits per heavy atom. The van der Waals surface area contributed by atoms with Crippen molar-refractivity contribution in [1.29, 1.82) is 0 Å². The maximum atomic E-state index is 13.3. The molecule has 8 nitrogen and oxygen atoms in total. The highest BCUT2D eigenvalue weighted by molar-refractivity contribution is 6.13. The van der Waals surface area contributed by atoms with Crippen molar-refractivity contribution in [2.45, 2.75) is 13.1 Å². The molecule has 3 amide bonds. The fraction of sp³-hybridized carbons (Fsp3) is 0.292. The van der Waals surface area contributed by atoms with Gasteiger partial charge < -0.3 is 19.6 Å². The molecule has 3 aromatic rings. The Balaban J connectivity index is 1.58. The first kappa shape index (κ1) is 21.1. The Bertz CT molecular complexity index is 1240. The van der Waals surface area contributed by atoms with E-state index in [2.05, 4.69) is 4.98 Å². The lowest BCUT2D eigenvalue weighted by molar-refractivity contribution is 0.0551. The number of phenols is 1. The van der Waals surface area contributed by atoms with Gasteiger partial charge in [-0.05, 0) is 29.8 Å². The molecule has 0 unspecified atom stereocenters. The molecule has 33 heavy (non-hydrogen) atoms. The summed E-state index contributed by atoms with van der Waals surface area (Å²) in [5.41, 5.74) is 2.31. The molecule has 1 N–H and O–H groups in total. The van der Waals surface area contributed by atoms with Gasteiger partial charge in [-0.3, -0.25) is 14.7 Å². The first-order valence-corrected chi connectivity index (χ1v) is 10.7.